The minimum absolute atomic E-state index is 0.0532. The minimum atomic E-state index is -1.06. The third-order valence-electron chi connectivity index (χ3n) is 4.22. The fraction of sp³-hybridized carbons (Fsp3) is 0.474. The number of benzene rings is 1. The molecular formula is C19H21FO3S. The van der Waals surface area contributed by atoms with Crippen molar-refractivity contribution in [3.8, 4) is 17.6 Å². The normalized spacial score (nSPS) is 20.5. The molecule has 0 aliphatic heterocycles. The molecule has 0 aromatic heterocycles. The molecule has 0 atom stereocenters. The first-order chi connectivity index (χ1) is 11.5. The molecule has 24 heavy (non-hydrogen) atoms. The summed E-state index contributed by atoms with van der Waals surface area (Å²) in [7, 11) is 1.40. The molecule has 0 bridgehead atoms. The molecule has 0 unspecified atom stereocenters. The zero-order valence-corrected chi connectivity index (χ0v) is 15.0. The first kappa shape index (κ1) is 18.5. The average molecular weight is 348 g/mol. The van der Waals surface area contributed by atoms with Gasteiger partial charge in [0.05, 0.1) is 7.11 Å². The standard InChI is InChI=1S/C19H21FO3S/c1-4-5-12-8-14(20)18(17(11-12)23-2)19-15(21)9-13(6-7-24-3)10-16(19)22/h8,11,13,19H,6-7,9-10H2,1-3H3. The van der Waals surface area contributed by atoms with Crippen molar-refractivity contribution in [3.63, 3.8) is 0 Å². The van der Waals surface area contributed by atoms with Crippen LogP contribution in [0.15, 0.2) is 12.1 Å². The van der Waals surface area contributed by atoms with E-state index >= 15 is 0 Å². The molecule has 128 valence electrons. The number of hydrogen-bond donors (Lipinski definition) is 0. The molecule has 3 nitrogen and oxygen atoms in total. The first-order valence-electron chi connectivity index (χ1n) is 7.86. The van der Waals surface area contributed by atoms with E-state index in [-0.39, 0.29) is 28.8 Å². The molecule has 1 aliphatic rings. The monoisotopic (exact) mass is 348 g/mol. The van der Waals surface area contributed by atoms with Crippen LogP contribution >= 0.6 is 11.8 Å². The topological polar surface area (TPSA) is 43.4 Å². The third-order valence-corrected chi connectivity index (χ3v) is 4.87. The van der Waals surface area contributed by atoms with Gasteiger partial charge in [-0.15, -0.1) is 5.92 Å². The molecule has 0 N–H and O–H groups in total. The Labute approximate surface area is 146 Å². The Morgan fingerprint density at radius 2 is 1.96 bits per heavy atom. The predicted molar refractivity (Wildman–Crippen MR) is 94.0 cm³/mol. The smallest absolute Gasteiger partial charge is 0.148 e. The Balaban J connectivity index is 2.35. The van der Waals surface area contributed by atoms with Crippen LogP contribution in [0.25, 0.3) is 0 Å². The van der Waals surface area contributed by atoms with E-state index in [0.717, 1.165) is 12.2 Å². The lowest BCUT2D eigenvalue weighted by Crippen LogP contribution is -2.33. The zero-order chi connectivity index (χ0) is 17.7. The van der Waals surface area contributed by atoms with Gasteiger partial charge in [0, 0.05) is 24.0 Å². The maximum atomic E-state index is 14.6. The molecule has 1 aromatic carbocycles. The maximum absolute atomic E-state index is 14.6. The quantitative estimate of drug-likeness (QED) is 0.602. The summed E-state index contributed by atoms with van der Waals surface area (Å²) in [5.74, 6) is 4.54. The number of ketones is 2. The van der Waals surface area contributed by atoms with Crippen LogP contribution in [0.5, 0.6) is 5.75 Å². The van der Waals surface area contributed by atoms with Crippen molar-refractivity contribution in [2.24, 2.45) is 5.92 Å². The summed E-state index contributed by atoms with van der Waals surface area (Å²) in [4.78, 5) is 25.1. The number of Topliss-reactive ketones (excluding diaryl/α,β-unsaturated/α-hetero) is 2. The van der Waals surface area contributed by atoms with Crippen LogP contribution < -0.4 is 4.74 Å². The number of rotatable bonds is 5. The molecule has 0 heterocycles. The first-order valence-corrected chi connectivity index (χ1v) is 9.25. The summed E-state index contributed by atoms with van der Waals surface area (Å²) < 4.78 is 19.8. The molecule has 0 spiro atoms. The number of hydrogen-bond acceptors (Lipinski definition) is 4. The minimum Gasteiger partial charge on any atom is -0.496 e. The van der Waals surface area contributed by atoms with Gasteiger partial charge in [0.2, 0.25) is 0 Å². The average Bonchev–Trinajstić information content (AvgIpc) is 2.54. The molecule has 0 amide bonds. The van der Waals surface area contributed by atoms with Crippen LogP contribution in [0.3, 0.4) is 0 Å². The number of halogens is 1. The highest BCUT2D eigenvalue weighted by molar-refractivity contribution is 7.98. The van der Waals surface area contributed by atoms with Crippen LogP contribution in [0.1, 0.15) is 43.2 Å². The van der Waals surface area contributed by atoms with Crippen LogP contribution in [0, 0.1) is 23.6 Å². The SMILES string of the molecule is CC#Cc1cc(F)c(C2C(=O)CC(CCSC)CC2=O)c(OC)c1. The van der Waals surface area contributed by atoms with E-state index in [1.54, 1.807) is 24.8 Å². The highest BCUT2D eigenvalue weighted by Crippen LogP contribution is 2.38. The molecule has 0 saturated heterocycles. The van der Waals surface area contributed by atoms with Gasteiger partial charge in [-0.3, -0.25) is 9.59 Å². The van der Waals surface area contributed by atoms with E-state index in [9.17, 15) is 14.0 Å². The molecule has 1 fully saturated rings. The van der Waals surface area contributed by atoms with Crippen molar-refractivity contribution >= 4 is 23.3 Å². The van der Waals surface area contributed by atoms with Crippen LogP contribution in [-0.4, -0.2) is 30.7 Å². The summed E-state index contributed by atoms with van der Waals surface area (Å²) in [6.07, 6.45) is 3.46. The Morgan fingerprint density at radius 1 is 1.29 bits per heavy atom. The molecular weight excluding hydrogens is 327 g/mol. The lowest BCUT2D eigenvalue weighted by Gasteiger charge is -2.27. The summed E-state index contributed by atoms with van der Waals surface area (Å²) in [5.41, 5.74) is 0.515. The second-order valence-electron chi connectivity index (χ2n) is 5.87. The summed E-state index contributed by atoms with van der Waals surface area (Å²) in [6, 6.07) is 2.84. The zero-order valence-electron chi connectivity index (χ0n) is 14.1. The van der Waals surface area contributed by atoms with Gasteiger partial charge >= 0.3 is 0 Å². The van der Waals surface area contributed by atoms with Crippen molar-refractivity contribution in [1.29, 1.82) is 0 Å². The molecule has 1 aliphatic carbocycles. The molecule has 5 heteroatoms. The van der Waals surface area contributed by atoms with Crippen molar-refractivity contribution in [3.05, 3.63) is 29.1 Å². The van der Waals surface area contributed by atoms with Crippen LogP contribution in [0.2, 0.25) is 0 Å². The van der Waals surface area contributed by atoms with Crippen molar-refractivity contribution in [2.75, 3.05) is 19.1 Å². The number of ether oxygens (including phenoxy) is 1. The third kappa shape index (κ3) is 3.99. The van der Waals surface area contributed by atoms with E-state index in [4.69, 9.17) is 4.74 Å². The van der Waals surface area contributed by atoms with Gasteiger partial charge < -0.3 is 4.74 Å². The highest BCUT2D eigenvalue weighted by atomic mass is 32.2. The molecule has 1 aromatic rings. The lowest BCUT2D eigenvalue weighted by molar-refractivity contribution is -0.133. The van der Waals surface area contributed by atoms with Gasteiger partial charge in [0.25, 0.3) is 0 Å². The molecule has 1 saturated carbocycles. The predicted octanol–water partition coefficient (Wildman–Crippen LogP) is 3.59. The van der Waals surface area contributed by atoms with Gasteiger partial charge in [0.1, 0.15) is 29.1 Å². The Bertz CT molecular complexity index is 685. The van der Waals surface area contributed by atoms with Gasteiger partial charge in [-0.25, -0.2) is 4.39 Å². The van der Waals surface area contributed by atoms with E-state index < -0.39 is 11.7 Å². The van der Waals surface area contributed by atoms with E-state index in [1.165, 1.54) is 13.2 Å². The summed E-state index contributed by atoms with van der Waals surface area (Å²) in [5, 5.41) is 0. The lowest BCUT2D eigenvalue weighted by atomic mass is 9.75. The van der Waals surface area contributed by atoms with Crippen LogP contribution in [-0.2, 0) is 9.59 Å². The number of methoxy groups -OCH3 is 1. The van der Waals surface area contributed by atoms with Crippen molar-refractivity contribution < 1.29 is 18.7 Å². The van der Waals surface area contributed by atoms with E-state index in [2.05, 4.69) is 11.8 Å². The van der Waals surface area contributed by atoms with E-state index in [1.807, 2.05) is 6.26 Å². The van der Waals surface area contributed by atoms with E-state index in [0.29, 0.717) is 18.4 Å². The van der Waals surface area contributed by atoms with Crippen LogP contribution in [0.4, 0.5) is 4.39 Å². The Morgan fingerprint density at radius 3 is 2.50 bits per heavy atom. The maximum Gasteiger partial charge on any atom is 0.148 e. The molecule has 0 radical (unpaired) electrons. The number of carbonyl (C=O) groups is 2. The number of thioether (sulfide) groups is 1. The highest BCUT2D eigenvalue weighted by Gasteiger charge is 2.39. The van der Waals surface area contributed by atoms with Gasteiger partial charge in [-0.05, 0) is 43.4 Å². The molecule has 2 rings (SSSR count). The summed E-state index contributed by atoms with van der Waals surface area (Å²) >= 11 is 1.69. The van der Waals surface area contributed by atoms with Crippen molar-refractivity contribution in [1.82, 2.24) is 0 Å². The number of carbonyl (C=O) groups excluding carboxylic acids is 2. The van der Waals surface area contributed by atoms with Crippen molar-refractivity contribution in [2.45, 2.75) is 32.1 Å². The summed E-state index contributed by atoms with van der Waals surface area (Å²) in [6.45, 7) is 1.65. The Kier molecular flexibility index (Phi) is 6.44. The largest absolute Gasteiger partial charge is 0.496 e. The second kappa shape index (κ2) is 8.34. The van der Waals surface area contributed by atoms with Gasteiger partial charge in [-0.1, -0.05) is 5.92 Å². The van der Waals surface area contributed by atoms with Gasteiger partial charge in [0.15, 0.2) is 0 Å². The van der Waals surface area contributed by atoms with Gasteiger partial charge in [-0.2, -0.15) is 11.8 Å². The fourth-order valence-corrected chi connectivity index (χ4v) is 3.69. The Hall–Kier alpha value is -1.80. The second-order valence-corrected chi connectivity index (χ2v) is 6.86. The fourth-order valence-electron chi connectivity index (χ4n) is 3.13.